The van der Waals surface area contributed by atoms with Crippen LogP contribution in [0.5, 0.6) is 0 Å². The van der Waals surface area contributed by atoms with E-state index in [1.807, 2.05) is 0 Å². The van der Waals surface area contributed by atoms with Crippen LogP contribution in [0, 0.1) is 0 Å². The minimum atomic E-state index is -3.91. The van der Waals surface area contributed by atoms with Crippen molar-refractivity contribution < 1.29 is 12.8 Å². The number of sulfonamides is 1. The zero-order chi connectivity index (χ0) is 15.0. The Morgan fingerprint density at radius 2 is 2.10 bits per heavy atom. The van der Waals surface area contributed by atoms with Crippen LogP contribution < -0.4 is 10.5 Å². The quantitative estimate of drug-likeness (QED) is 0.750. The molecule has 0 saturated heterocycles. The van der Waals surface area contributed by atoms with Crippen LogP contribution in [0.4, 0.5) is 5.69 Å². The molecule has 0 fully saturated rings. The van der Waals surface area contributed by atoms with E-state index in [-0.39, 0.29) is 22.3 Å². The van der Waals surface area contributed by atoms with E-state index in [2.05, 4.69) is 13.5 Å². The average molecular weight is 345 g/mol. The van der Waals surface area contributed by atoms with E-state index in [1.165, 1.54) is 12.1 Å². The van der Waals surface area contributed by atoms with Crippen molar-refractivity contribution in [3.05, 3.63) is 35.0 Å². The van der Waals surface area contributed by atoms with Gasteiger partial charge in [-0.2, -0.15) is 17.2 Å². The Labute approximate surface area is 129 Å². The average Bonchev–Trinajstić information content (AvgIpc) is 3.10. The third kappa shape index (κ3) is 2.60. The number of nitrogens with one attached hydrogen (secondary N) is 1. The molecule has 10 heteroatoms. The minimum absolute atomic E-state index is 0.113. The van der Waals surface area contributed by atoms with Crippen molar-refractivity contribution in [1.29, 1.82) is 0 Å². The van der Waals surface area contributed by atoms with Gasteiger partial charge in [-0.3, -0.25) is 4.72 Å². The highest BCUT2D eigenvalue weighted by Gasteiger charge is 2.22. The summed E-state index contributed by atoms with van der Waals surface area (Å²) in [4.78, 5) is 0. The summed E-state index contributed by atoms with van der Waals surface area (Å²) >= 11 is 7.02. The van der Waals surface area contributed by atoms with Crippen molar-refractivity contribution in [3.8, 4) is 0 Å². The second kappa shape index (κ2) is 5.26. The van der Waals surface area contributed by atoms with Crippen molar-refractivity contribution >= 4 is 50.1 Å². The molecule has 0 saturated carbocycles. The van der Waals surface area contributed by atoms with Crippen molar-refractivity contribution in [2.45, 2.75) is 11.6 Å². The Balaban J connectivity index is 2.04. The number of furan rings is 1. The van der Waals surface area contributed by atoms with E-state index in [9.17, 15) is 8.42 Å². The van der Waals surface area contributed by atoms with Gasteiger partial charge in [-0.15, -0.1) is 0 Å². The normalized spacial score (nSPS) is 11.9. The van der Waals surface area contributed by atoms with E-state index >= 15 is 0 Å². The van der Waals surface area contributed by atoms with E-state index < -0.39 is 10.0 Å². The Morgan fingerprint density at radius 3 is 2.81 bits per heavy atom. The van der Waals surface area contributed by atoms with Crippen LogP contribution >= 0.6 is 23.3 Å². The molecule has 0 spiro atoms. The van der Waals surface area contributed by atoms with Crippen LogP contribution in [0.3, 0.4) is 0 Å². The first-order valence-corrected chi connectivity index (χ1v) is 8.33. The minimum Gasteiger partial charge on any atom is -0.446 e. The lowest BCUT2D eigenvalue weighted by molar-refractivity contribution is 0.417. The summed E-state index contributed by atoms with van der Waals surface area (Å²) < 4.78 is 40.2. The molecule has 2 heterocycles. The fraction of sp³-hybridized carbons (Fsp3) is 0.0909. The number of nitrogens with zero attached hydrogens (tertiary/aromatic N) is 2. The van der Waals surface area contributed by atoms with Gasteiger partial charge in [0.15, 0.2) is 0 Å². The van der Waals surface area contributed by atoms with Gasteiger partial charge in [0.1, 0.15) is 16.8 Å². The fourth-order valence-corrected chi connectivity index (χ4v) is 3.56. The molecule has 0 aliphatic heterocycles. The van der Waals surface area contributed by atoms with Crippen LogP contribution in [0.25, 0.3) is 11.0 Å². The lowest BCUT2D eigenvalue weighted by Crippen LogP contribution is -2.13. The van der Waals surface area contributed by atoms with Gasteiger partial charge in [0.05, 0.1) is 29.0 Å². The standard InChI is InChI=1S/C11H9ClN4O3S2/c12-7-2-3-8-11(15-20-14-8)10(7)16-21(17,18)9-4-1-6(5-13)19-9/h1-4,16H,5,13H2. The van der Waals surface area contributed by atoms with Gasteiger partial charge < -0.3 is 10.2 Å². The monoisotopic (exact) mass is 344 g/mol. The number of anilines is 1. The van der Waals surface area contributed by atoms with Crippen LogP contribution in [0.2, 0.25) is 5.02 Å². The van der Waals surface area contributed by atoms with Gasteiger partial charge in [-0.25, -0.2) is 0 Å². The first-order chi connectivity index (χ1) is 10.0. The number of rotatable bonds is 4. The summed E-state index contributed by atoms with van der Waals surface area (Å²) in [6.45, 7) is 0.113. The summed E-state index contributed by atoms with van der Waals surface area (Å²) in [5, 5.41) is -0.0106. The zero-order valence-corrected chi connectivity index (χ0v) is 12.8. The molecule has 110 valence electrons. The van der Waals surface area contributed by atoms with Gasteiger partial charge >= 0.3 is 0 Å². The van der Waals surface area contributed by atoms with Crippen LogP contribution in [0.1, 0.15) is 5.76 Å². The SMILES string of the molecule is NCc1ccc(S(=O)(=O)Nc2c(Cl)ccc3nsnc23)o1. The van der Waals surface area contributed by atoms with Gasteiger partial charge in [0.2, 0.25) is 5.09 Å². The molecule has 0 aliphatic rings. The van der Waals surface area contributed by atoms with E-state index in [1.54, 1.807) is 12.1 Å². The molecule has 2 aromatic heterocycles. The Morgan fingerprint density at radius 1 is 1.29 bits per heavy atom. The molecule has 0 radical (unpaired) electrons. The van der Waals surface area contributed by atoms with Gasteiger partial charge in [0.25, 0.3) is 10.0 Å². The second-order valence-electron chi connectivity index (χ2n) is 4.08. The highest BCUT2D eigenvalue weighted by Crippen LogP contribution is 2.32. The van der Waals surface area contributed by atoms with Crippen molar-refractivity contribution in [3.63, 3.8) is 0 Å². The molecule has 0 atom stereocenters. The number of nitrogens with two attached hydrogens (primary N) is 1. The molecule has 0 bridgehead atoms. The number of hydrogen-bond acceptors (Lipinski definition) is 7. The maximum absolute atomic E-state index is 12.3. The van der Waals surface area contributed by atoms with Crippen molar-refractivity contribution in [2.75, 3.05) is 4.72 Å². The summed E-state index contributed by atoms with van der Waals surface area (Å²) in [6.07, 6.45) is 0. The fourth-order valence-electron chi connectivity index (χ4n) is 1.72. The lowest BCUT2D eigenvalue weighted by atomic mass is 10.3. The summed E-state index contributed by atoms with van der Waals surface area (Å²) in [5.74, 6) is 0.370. The number of benzene rings is 1. The number of aromatic nitrogens is 2. The maximum Gasteiger partial charge on any atom is 0.295 e. The predicted octanol–water partition coefficient (Wildman–Crippen LogP) is 2.20. The molecular weight excluding hydrogens is 336 g/mol. The lowest BCUT2D eigenvalue weighted by Gasteiger charge is -2.07. The zero-order valence-electron chi connectivity index (χ0n) is 10.4. The molecule has 0 amide bonds. The number of fused-ring (bicyclic) bond motifs is 1. The highest BCUT2D eigenvalue weighted by molar-refractivity contribution is 7.92. The summed E-state index contributed by atoms with van der Waals surface area (Å²) in [5.41, 5.74) is 6.52. The molecule has 7 nitrogen and oxygen atoms in total. The van der Waals surface area contributed by atoms with Crippen LogP contribution in [-0.2, 0) is 16.6 Å². The summed E-state index contributed by atoms with van der Waals surface area (Å²) in [7, 11) is -3.91. The predicted molar refractivity (Wildman–Crippen MR) is 79.8 cm³/mol. The Kier molecular flexibility index (Phi) is 3.57. The number of hydrogen-bond donors (Lipinski definition) is 2. The molecular formula is C11H9ClN4O3S2. The van der Waals surface area contributed by atoms with E-state index in [4.69, 9.17) is 21.8 Å². The molecule has 3 rings (SSSR count). The number of halogens is 1. The molecule has 1 aromatic carbocycles. The summed E-state index contributed by atoms with van der Waals surface area (Å²) in [6, 6.07) is 6.05. The Bertz CT molecular complexity index is 903. The largest absolute Gasteiger partial charge is 0.446 e. The maximum atomic E-state index is 12.3. The first-order valence-electron chi connectivity index (χ1n) is 5.73. The first kappa shape index (κ1) is 14.3. The smallest absolute Gasteiger partial charge is 0.295 e. The molecule has 3 aromatic rings. The van der Waals surface area contributed by atoms with Crippen LogP contribution in [0.15, 0.2) is 33.8 Å². The van der Waals surface area contributed by atoms with Crippen molar-refractivity contribution in [1.82, 2.24) is 8.75 Å². The molecule has 21 heavy (non-hydrogen) atoms. The highest BCUT2D eigenvalue weighted by atomic mass is 35.5. The van der Waals surface area contributed by atoms with Gasteiger partial charge in [-0.05, 0) is 24.3 Å². The van der Waals surface area contributed by atoms with Crippen LogP contribution in [-0.4, -0.2) is 17.2 Å². The third-order valence-corrected chi connectivity index (χ3v) is 4.80. The Hall–Kier alpha value is -1.68. The van der Waals surface area contributed by atoms with Gasteiger partial charge in [-0.1, -0.05) is 11.6 Å². The van der Waals surface area contributed by atoms with E-state index in [0.29, 0.717) is 16.8 Å². The molecule has 3 N–H and O–H groups in total. The van der Waals surface area contributed by atoms with Crippen molar-refractivity contribution in [2.24, 2.45) is 5.73 Å². The van der Waals surface area contributed by atoms with E-state index in [0.717, 1.165) is 11.7 Å². The molecule has 0 aliphatic carbocycles. The van der Waals surface area contributed by atoms with Gasteiger partial charge in [0, 0.05) is 0 Å². The third-order valence-electron chi connectivity index (χ3n) is 2.72. The second-order valence-corrected chi connectivity index (χ2v) is 6.63. The molecule has 0 unspecified atom stereocenters. The topological polar surface area (TPSA) is 111 Å².